The van der Waals surface area contributed by atoms with Crippen LogP contribution in [0.3, 0.4) is 0 Å². The van der Waals surface area contributed by atoms with E-state index in [1.165, 1.54) is 28.5 Å². The average Bonchev–Trinajstić information content (AvgIpc) is 3.53. The first-order valence-corrected chi connectivity index (χ1v) is 17.3. The number of ether oxygens (including phenoxy) is 2. The molecular formula is C35H43Cl2F2N5O8. The Morgan fingerprint density at radius 3 is 1.63 bits per heavy atom. The number of carbonyl (C=O) groups excluding carboxylic acids is 2. The zero-order valence-corrected chi connectivity index (χ0v) is 31.4. The number of aliphatic hydroxyl groups excluding tert-OH is 1. The number of oxazole rings is 1. The van der Waals surface area contributed by atoms with E-state index in [9.17, 15) is 19.5 Å². The summed E-state index contributed by atoms with van der Waals surface area (Å²) in [6.07, 6.45) is 3.00. The summed E-state index contributed by atoms with van der Waals surface area (Å²) in [5.74, 6) is -0.834. The molecular weight excluding hydrogens is 727 g/mol. The monoisotopic (exact) mass is 769 g/mol. The van der Waals surface area contributed by atoms with Gasteiger partial charge in [-0.1, -0.05) is 23.2 Å². The lowest BCUT2D eigenvalue weighted by atomic mass is 9.89. The second-order valence-corrected chi connectivity index (χ2v) is 15.4. The average molecular weight is 771 g/mol. The summed E-state index contributed by atoms with van der Waals surface area (Å²) < 4.78 is 46.6. The number of alkyl halides is 2. The first-order chi connectivity index (χ1) is 24.1. The SMILES string of the molecule is CC(C)(C)OC(=O)N1CCC(F)(c2ncc(-c3ocnc3CO)cc2Cl)CC1.CC(C)(C)OC(=O)N1CCC(F)(c2ncc(C(=O)O)cc2Cl)CC1. The van der Waals surface area contributed by atoms with Crippen molar-refractivity contribution >= 4 is 41.4 Å². The fraction of sp³-hybridized carbons (Fsp3) is 0.543. The molecule has 2 N–H and O–H groups in total. The number of piperidine rings is 2. The Balaban J connectivity index is 0.000000236. The second-order valence-electron chi connectivity index (χ2n) is 14.6. The molecule has 52 heavy (non-hydrogen) atoms. The maximum atomic E-state index is 15.6. The number of rotatable bonds is 5. The van der Waals surface area contributed by atoms with Gasteiger partial charge < -0.3 is 33.9 Å². The minimum atomic E-state index is -1.80. The Hall–Kier alpha value is -4.08. The van der Waals surface area contributed by atoms with Crippen LogP contribution in [0, 0.1) is 0 Å². The van der Waals surface area contributed by atoms with Crippen LogP contribution < -0.4 is 0 Å². The Morgan fingerprint density at radius 1 is 0.808 bits per heavy atom. The summed E-state index contributed by atoms with van der Waals surface area (Å²) in [6.45, 7) is 11.1. The van der Waals surface area contributed by atoms with Gasteiger partial charge in [-0.3, -0.25) is 9.97 Å². The molecule has 0 radical (unpaired) electrons. The predicted molar refractivity (Wildman–Crippen MR) is 187 cm³/mol. The number of hydrogen-bond acceptors (Lipinski definition) is 10. The van der Waals surface area contributed by atoms with E-state index in [4.69, 9.17) is 42.2 Å². The number of aromatic nitrogens is 3. The molecule has 0 saturated carbocycles. The van der Waals surface area contributed by atoms with Gasteiger partial charge in [0.1, 0.15) is 16.9 Å². The molecule has 0 aromatic carbocycles. The third kappa shape index (κ3) is 10.1. The molecule has 2 aliphatic rings. The molecule has 3 aromatic rings. The number of pyridine rings is 2. The molecule has 0 atom stereocenters. The topological polar surface area (TPSA) is 168 Å². The summed E-state index contributed by atoms with van der Waals surface area (Å²) in [6, 6.07) is 2.74. The van der Waals surface area contributed by atoms with Gasteiger partial charge in [-0.05, 0) is 53.7 Å². The summed E-state index contributed by atoms with van der Waals surface area (Å²) >= 11 is 12.3. The van der Waals surface area contributed by atoms with Gasteiger partial charge in [0.05, 0.1) is 33.6 Å². The van der Waals surface area contributed by atoms with Gasteiger partial charge in [0, 0.05) is 69.8 Å². The van der Waals surface area contributed by atoms with Crippen molar-refractivity contribution in [3.8, 4) is 11.3 Å². The molecule has 5 heterocycles. The smallest absolute Gasteiger partial charge is 0.410 e. The molecule has 0 unspecified atom stereocenters. The first kappa shape index (κ1) is 40.7. The lowest BCUT2D eigenvalue weighted by molar-refractivity contribution is 0.000107. The highest BCUT2D eigenvalue weighted by molar-refractivity contribution is 6.32. The molecule has 0 aliphatic carbocycles. The van der Waals surface area contributed by atoms with Crippen LogP contribution in [0.1, 0.15) is 94.7 Å². The van der Waals surface area contributed by atoms with Gasteiger partial charge in [-0.25, -0.2) is 28.1 Å². The standard InChI is InChI=1S/C19H23ClFN3O4.C16H20ClFN2O4/c1-18(2,3)28-17(26)24-6-4-19(21,5-7-24)16-13(20)8-12(9-22-16)15-14(10-25)23-11-27-15;1-15(2,3)24-14(23)20-6-4-16(18,5-7-20)12-11(17)8-10(9-19-12)13(21)22/h8-9,11,25H,4-7,10H2,1-3H3;8-9H,4-7H2,1-3H3,(H,21,22). The van der Waals surface area contributed by atoms with Crippen molar-refractivity contribution in [2.24, 2.45) is 0 Å². The second kappa shape index (κ2) is 15.9. The number of aliphatic hydroxyl groups is 1. The first-order valence-electron chi connectivity index (χ1n) is 16.6. The number of amides is 2. The van der Waals surface area contributed by atoms with Crippen molar-refractivity contribution in [3.05, 3.63) is 63.6 Å². The highest BCUT2D eigenvalue weighted by Crippen LogP contribution is 2.42. The van der Waals surface area contributed by atoms with Crippen LogP contribution in [0.5, 0.6) is 0 Å². The zero-order chi connectivity index (χ0) is 38.6. The van der Waals surface area contributed by atoms with Crippen LogP contribution in [-0.2, 0) is 27.4 Å². The van der Waals surface area contributed by atoms with Crippen LogP contribution in [0.2, 0.25) is 10.0 Å². The Labute approximate surface area is 310 Å². The lowest BCUT2D eigenvalue weighted by Crippen LogP contribution is -2.45. The van der Waals surface area contributed by atoms with Crippen molar-refractivity contribution < 1.29 is 47.3 Å². The molecule has 0 spiro atoms. The van der Waals surface area contributed by atoms with Gasteiger partial charge in [0.2, 0.25) is 0 Å². The number of halogens is 4. The fourth-order valence-electron chi connectivity index (χ4n) is 5.61. The number of aromatic carboxylic acids is 1. The third-order valence-corrected chi connectivity index (χ3v) is 8.82. The van der Waals surface area contributed by atoms with Crippen LogP contribution in [0.4, 0.5) is 18.4 Å². The minimum absolute atomic E-state index is 0.0120. The highest BCUT2D eigenvalue weighted by atomic mass is 35.5. The molecule has 13 nitrogen and oxygen atoms in total. The molecule has 2 aliphatic heterocycles. The molecule has 2 saturated heterocycles. The number of nitrogens with zero attached hydrogens (tertiary/aromatic N) is 5. The molecule has 284 valence electrons. The quantitative estimate of drug-likeness (QED) is 0.261. The van der Waals surface area contributed by atoms with Gasteiger partial charge in [-0.2, -0.15) is 0 Å². The number of hydrogen-bond donors (Lipinski definition) is 2. The lowest BCUT2D eigenvalue weighted by Gasteiger charge is -2.37. The maximum Gasteiger partial charge on any atom is 0.410 e. The Bertz CT molecular complexity index is 1760. The van der Waals surface area contributed by atoms with Crippen molar-refractivity contribution in [2.75, 3.05) is 26.2 Å². The predicted octanol–water partition coefficient (Wildman–Crippen LogP) is 7.71. The van der Waals surface area contributed by atoms with Crippen molar-refractivity contribution in [1.29, 1.82) is 0 Å². The van der Waals surface area contributed by atoms with Crippen LogP contribution in [-0.4, -0.2) is 90.5 Å². The molecule has 5 rings (SSSR count). The van der Waals surface area contributed by atoms with Crippen molar-refractivity contribution in [2.45, 2.75) is 96.4 Å². The molecule has 3 aromatic heterocycles. The largest absolute Gasteiger partial charge is 0.478 e. The van der Waals surface area contributed by atoms with Crippen molar-refractivity contribution in [3.63, 3.8) is 0 Å². The zero-order valence-electron chi connectivity index (χ0n) is 29.8. The van der Waals surface area contributed by atoms with Gasteiger partial charge in [-0.15, -0.1) is 0 Å². The van der Waals surface area contributed by atoms with Crippen molar-refractivity contribution in [1.82, 2.24) is 24.8 Å². The van der Waals surface area contributed by atoms with E-state index in [0.717, 1.165) is 6.20 Å². The molecule has 17 heteroatoms. The van der Waals surface area contributed by atoms with E-state index in [0.29, 0.717) is 17.0 Å². The van der Waals surface area contributed by atoms with Gasteiger partial charge in [0.15, 0.2) is 23.5 Å². The Morgan fingerprint density at radius 2 is 1.25 bits per heavy atom. The van der Waals surface area contributed by atoms with Crippen LogP contribution >= 0.6 is 23.2 Å². The number of likely N-dealkylation sites (tertiary alicyclic amines) is 2. The summed E-state index contributed by atoms with van der Waals surface area (Å²) in [5, 5.41) is 18.3. The van der Waals surface area contributed by atoms with E-state index < -0.39 is 40.7 Å². The van der Waals surface area contributed by atoms with Crippen LogP contribution in [0.25, 0.3) is 11.3 Å². The van der Waals surface area contributed by atoms with E-state index in [-0.39, 0.29) is 85.5 Å². The highest BCUT2D eigenvalue weighted by Gasteiger charge is 2.42. The van der Waals surface area contributed by atoms with Crippen LogP contribution in [0.15, 0.2) is 35.3 Å². The normalized spacial score (nSPS) is 17.1. The summed E-state index contributed by atoms with van der Waals surface area (Å²) in [4.78, 5) is 50.1. The summed E-state index contributed by atoms with van der Waals surface area (Å²) in [7, 11) is 0. The molecule has 2 amide bonds. The van der Waals surface area contributed by atoms with E-state index in [1.807, 2.05) is 0 Å². The van der Waals surface area contributed by atoms with Gasteiger partial charge >= 0.3 is 18.2 Å². The Kier molecular flexibility index (Phi) is 12.4. The maximum absolute atomic E-state index is 15.6. The van der Waals surface area contributed by atoms with E-state index >= 15 is 8.78 Å². The molecule has 0 bridgehead atoms. The third-order valence-electron chi connectivity index (χ3n) is 8.25. The van der Waals surface area contributed by atoms with Gasteiger partial charge in [0.25, 0.3) is 0 Å². The fourth-order valence-corrected chi connectivity index (χ4v) is 6.28. The van der Waals surface area contributed by atoms with E-state index in [2.05, 4.69) is 15.0 Å². The minimum Gasteiger partial charge on any atom is -0.478 e. The summed E-state index contributed by atoms with van der Waals surface area (Å²) in [5.41, 5.74) is -3.85. The van der Waals surface area contributed by atoms with E-state index in [1.54, 1.807) is 47.6 Å². The number of carboxylic acid groups (broad SMARTS) is 1. The number of carboxylic acids is 1. The number of carbonyl (C=O) groups is 3. The molecule has 2 fully saturated rings.